The van der Waals surface area contributed by atoms with E-state index in [0.717, 1.165) is 37.6 Å². The molecule has 4 heteroatoms. The highest BCUT2D eigenvalue weighted by molar-refractivity contribution is 5.85. The maximum Gasteiger partial charge on any atom is 0.126 e. The fraction of sp³-hybridized carbons (Fsp3) is 0.455. The molecule has 1 nitrogen and oxygen atoms in total. The molecule has 0 unspecified atom stereocenters. The van der Waals surface area contributed by atoms with Gasteiger partial charge in [0.1, 0.15) is 11.6 Å². The molecular formula is C11H14ClF2N. The number of hydrogen-bond donors (Lipinski definition) is 1. The van der Waals surface area contributed by atoms with Crippen LogP contribution in [0.2, 0.25) is 0 Å². The summed E-state index contributed by atoms with van der Waals surface area (Å²) in [6.45, 7) is 1.83. The second kappa shape index (κ2) is 5.42. The summed E-state index contributed by atoms with van der Waals surface area (Å²) in [6.07, 6.45) is 2.08. The Bertz CT molecular complexity index is 304. The van der Waals surface area contributed by atoms with Gasteiger partial charge in [0.25, 0.3) is 0 Å². The number of piperidine rings is 1. The van der Waals surface area contributed by atoms with Crippen molar-refractivity contribution in [1.82, 2.24) is 5.32 Å². The van der Waals surface area contributed by atoms with E-state index in [9.17, 15) is 8.78 Å². The number of halogens is 3. The van der Waals surface area contributed by atoms with Crippen LogP contribution in [0.3, 0.4) is 0 Å². The van der Waals surface area contributed by atoms with Crippen LogP contribution in [-0.2, 0) is 0 Å². The molecular weight excluding hydrogens is 220 g/mol. The first-order chi connectivity index (χ1) is 6.75. The summed E-state index contributed by atoms with van der Waals surface area (Å²) in [5.41, 5.74) is 0.773. The van der Waals surface area contributed by atoms with Crippen LogP contribution in [0.15, 0.2) is 18.2 Å². The monoisotopic (exact) mass is 233 g/mol. The lowest BCUT2D eigenvalue weighted by molar-refractivity contribution is 0.457. The number of benzene rings is 1. The van der Waals surface area contributed by atoms with E-state index in [4.69, 9.17) is 0 Å². The van der Waals surface area contributed by atoms with Gasteiger partial charge in [-0.2, -0.15) is 0 Å². The Morgan fingerprint density at radius 2 is 1.80 bits per heavy atom. The third kappa shape index (κ3) is 3.14. The molecule has 1 aliphatic rings. The molecule has 2 rings (SSSR count). The van der Waals surface area contributed by atoms with Crippen molar-refractivity contribution in [3.8, 4) is 0 Å². The second-order valence-corrected chi connectivity index (χ2v) is 3.75. The average molecular weight is 234 g/mol. The number of hydrogen-bond acceptors (Lipinski definition) is 1. The van der Waals surface area contributed by atoms with Crippen LogP contribution in [0.4, 0.5) is 8.78 Å². The highest BCUT2D eigenvalue weighted by atomic mass is 35.5. The Labute approximate surface area is 94.3 Å². The first-order valence-electron chi connectivity index (χ1n) is 4.92. The van der Waals surface area contributed by atoms with Gasteiger partial charge in [-0.1, -0.05) is 0 Å². The molecule has 0 aromatic heterocycles. The van der Waals surface area contributed by atoms with E-state index in [1.54, 1.807) is 0 Å². The molecule has 0 radical (unpaired) electrons. The van der Waals surface area contributed by atoms with Crippen LogP contribution in [0.5, 0.6) is 0 Å². The second-order valence-electron chi connectivity index (χ2n) is 3.75. The van der Waals surface area contributed by atoms with Crippen molar-refractivity contribution < 1.29 is 8.78 Å². The Morgan fingerprint density at radius 1 is 1.13 bits per heavy atom. The van der Waals surface area contributed by atoms with E-state index in [2.05, 4.69) is 5.32 Å². The molecule has 1 aromatic rings. The van der Waals surface area contributed by atoms with E-state index < -0.39 is 11.6 Å². The van der Waals surface area contributed by atoms with Gasteiger partial charge in [-0.05, 0) is 43.0 Å². The maximum absolute atomic E-state index is 12.9. The molecule has 1 fully saturated rings. The van der Waals surface area contributed by atoms with Crippen molar-refractivity contribution in [3.05, 3.63) is 35.4 Å². The summed E-state index contributed by atoms with van der Waals surface area (Å²) in [5, 5.41) is 3.23. The van der Waals surface area contributed by atoms with Crippen LogP contribution in [-0.4, -0.2) is 13.1 Å². The Kier molecular flexibility index (Phi) is 4.48. The fourth-order valence-electron chi connectivity index (χ4n) is 1.95. The zero-order valence-electron chi connectivity index (χ0n) is 8.30. The zero-order chi connectivity index (χ0) is 9.97. The molecule has 1 N–H and O–H groups in total. The quantitative estimate of drug-likeness (QED) is 0.787. The third-order valence-electron chi connectivity index (χ3n) is 2.65. The Hall–Kier alpha value is -0.670. The third-order valence-corrected chi connectivity index (χ3v) is 2.65. The van der Waals surface area contributed by atoms with Gasteiger partial charge in [-0.15, -0.1) is 12.4 Å². The maximum atomic E-state index is 12.9. The van der Waals surface area contributed by atoms with Crippen LogP contribution in [0.1, 0.15) is 24.3 Å². The normalized spacial score (nSPS) is 20.8. The highest BCUT2D eigenvalue weighted by Crippen LogP contribution is 2.24. The van der Waals surface area contributed by atoms with Crippen LogP contribution in [0.25, 0.3) is 0 Å². The van der Waals surface area contributed by atoms with Gasteiger partial charge < -0.3 is 5.32 Å². The summed E-state index contributed by atoms with van der Waals surface area (Å²) in [5.74, 6) is -0.704. The molecule has 0 bridgehead atoms. The molecule has 15 heavy (non-hydrogen) atoms. The van der Waals surface area contributed by atoms with Crippen molar-refractivity contribution in [2.75, 3.05) is 13.1 Å². The lowest BCUT2D eigenvalue weighted by atomic mass is 9.91. The minimum atomic E-state index is -0.481. The molecule has 0 spiro atoms. The van der Waals surface area contributed by atoms with E-state index >= 15 is 0 Å². The van der Waals surface area contributed by atoms with Crippen molar-refractivity contribution >= 4 is 12.4 Å². The molecule has 0 amide bonds. The average Bonchev–Trinajstić information content (AvgIpc) is 2.18. The summed E-state index contributed by atoms with van der Waals surface area (Å²) in [4.78, 5) is 0. The number of nitrogens with one attached hydrogen (secondary N) is 1. The Morgan fingerprint density at radius 3 is 2.33 bits per heavy atom. The first kappa shape index (κ1) is 12.4. The topological polar surface area (TPSA) is 12.0 Å². The van der Waals surface area contributed by atoms with Gasteiger partial charge >= 0.3 is 0 Å². The van der Waals surface area contributed by atoms with Gasteiger partial charge in [0.05, 0.1) is 0 Å². The zero-order valence-corrected chi connectivity index (χ0v) is 9.12. The number of rotatable bonds is 1. The van der Waals surface area contributed by atoms with Crippen molar-refractivity contribution in [3.63, 3.8) is 0 Å². The molecule has 1 aliphatic heterocycles. The summed E-state index contributed by atoms with van der Waals surface area (Å²) in [7, 11) is 0. The van der Waals surface area contributed by atoms with Crippen molar-refractivity contribution in [2.24, 2.45) is 0 Å². The van der Waals surface area contributed by atoms with Crippen molar-refractivity contribution in [2.45, 2.75) is 18.8 Å². The molecule has 0 aliphatic carbocycles. The van der Waals surface area contributed by atoms with Crippen LogP contribution >= 0.6 is 12.4 Å². The molecule has 1 saturated heterocycles. The highest BCUT2D eigenvalue weighted by Gasteiger charge is 2.16. The molecule has 1 atom stereocenters. The van der Waals surface area contributed by atoms with Gasteiger partial charge in [0, 0.05) is 12.6 Å². The van der Waals surface area contributed by atoms with E-state index in [0.29, 0.717) is 0 Å². The predicted octanol–water partition coefficient (Wildman–Crippen LogP) is 2.85. The van der Waals surface area contributed by atoms with Gasteiger partial charge in [0.2, 0.25) is 0 Å². The van der Waals surface area contributed by atoms with Gasteiger partial charge in [-0.25, -0.2) is 8.78 Å². The lowest BCUT2D eigenvalue weighted by Crippen LogP contribution is -2.28. The first-order valence-corrected chi connectivity index (χ1v) is 4.92. The van der Waals surface area contributed by atoms with E-state index in [1.807, 2.05) is 0 Å². The minimum Gasteiger partial charge on any atom is -0.316 e. The van der Waals surface area contributed by atoms with Gasteiger partial charge in [-0.3, -0.25) is 0 Å². The SMILES string of the molecule is Cl.Fc1cc(F)cc([C@H]2CCCNC2)c1. The minimum absolute atomic E-state index is 0. The fourth-order valence-corrected chi connectivity index (χ4v) is 1.95. The standard InChI is InChI=1S/C11H13F2N.ClH/c12-10-4-9(5-11(13)6-10)8-2-1-3-14-7-8;/h4-6,8,14H,1-3,7H2;1H/t8-;/m0./s1. The predicted molar refractivity (Wildman–Crippen MR) is 58.5 cm³/mol. The van der Waals surface area contributed by atoms with E-state index in [-0.39, 0.29) is 18.3 Å². The molecule has 1 heterocycles. The smallest absolute Gasteiger partial charge is 0.126 e. The lowest BCUT2D eigenvalue weighted by Gasteiger charge is -2.23. The molecule has 1 aromatic carbocycles. The molecule has 84 valence electrons. The Balaban J connectivity index is 0.00000112. The van der Waals surface area contributed by atoms with E-state index in [1.165, 1.54) is 12.1 Å². The van der Waals surface area contributed by atoms with Crippen LogP contribution < -0.4 is 5.32 Å². The summed E-state index contributed by atoms with van der Waals surface area (Å²) >= 11 is 0. The largest absolute Gasteiger partial charge is 0.316 e. The van der Waals surface area contributed by atoms with Crippen molar-refractivity contribution in [1.29, 1.82) is 0 Å². The summed E-state index contributed by atoms with van der Waals surface area (Å²) < 4.78 is 25.8. The molecule has 0 saturated carbocycles. The van der Waals surface area contributed by atoms with Crippen LogP contribution in [0, 0.1) is 11.6 Å². The summed E-state index contributed by atoms with van der Waals surface area (Å²) in [6, 6.07) is 3.78. The van der Waals surface area contributed by atoms with Gasteiger partial charge in [0.15, 0.2) is 0 Å².